The lowest BCUT2D eigenvalue weighted by molar-refractivity contribution is -0.152. The van der Waals surface area contributed by atoms with Crippen molar-refractivity contribution in [1.29, 1.82) is 0 Å². The average Bonchev–Trinajstić information content (AvgIpc) is 2.96. The summed E-state index contributed by atoms with van der Waals surface area (Å²) in [7, 11) is 0. The minimum atomic E-state index is -0.489. The van der Waals surface area contributed by atoms with Crippen LogP contribution in [-0.2, 0) is 14.3 Å². The predicted molar refractivity (Wildman–Crippen MR) is 93.2 cm³/mol. The van der Waals surface area contributed by atoms with E-state index in [1.54, 1.807) is 11.0 Å². The van der Waals surface area contributed by atoms with Gasteiger partial charge in [0.1, 0.15) is 0 Å². The van der Waals surface area contributed by atoms with Gasteiger partial charge in [0.2, 0.25) is 0 Å². The van der Waals surface area contributed by atoms with E-state index in [9.17, 15) is 14.4 Å². The molecule has 0 bridgehead atoms. The van der Waals surface area contributed by atoms with Crippen molar-refractivity contribution in [1.82, 2.24) is 4.90 Å². The number of esters is 1. The molecule has 2 heterocycles. The molecule has 1 aliphatic heterocycles. The van der Waals surface area contributed by atoms with E-state index >= 15 is 0 Å². The van der Waals surface area contributed by atoms with Gasteiger partial charge >= 0.3 is 5.97 Å². The lowest BCUT2D eigenvalue weighted by Gasteiger charge is -2.24. The van der Waals surface area contributed by atoms with Crippen molar-refractivity contribution in [2.24, 2.45) is 0 Å². The first-order valence-electron chi connectivity index (χ1n) is 8.59. The van der Waals surface area contributed by atoms with E-state index in [0.29, 0.717) is 4.88 Å². The Morgan fingerprint density at radius 1 is 1.04 bits per heavy atom. The Labute approximate surface area is 147 Å². The van der Waals surface area contributed by atoms with Crippen LogP contribution in [0.3, 0.4) is 0 Å². The summed E-state index contributed by atoms with van der Waals surface area (Å²) in [6, 6.07) is 3.66. The lowest BCUT2D eigenvalue weighted by Crippen LogP contribution is -2.36. The van der Waals surface area contributed by atoms with E-state index in [0.717, 1.165) is 43.6 Å². The summed E-state index contributed by atoms with van der Waals surface area (Å²) in [5, 5.41) is 0. The fourth-order valence-electron chi connectivity index (χ4n) is 2.73. The molecule has 1 aromatic heterocycles. The second kappa shape index (κ2) is 9.57. The first-order valence-corrected chi connectivity index (χ1v) is 9.41. The topological polar surface area (TPSA) is 63.7 Å². The Kier molecular flexibility index (Phi) is 7.43. The van der Waals surface area contributed by atoms with Crippen molar-refractivity contribution in [3.05, 3.63) is 21.9 Å². The van der Waals surface area contributed by atoms with E-state index in [-0.39, 0.29) is 31.1 Å². The molecule has 1 saturated heterocycles. The maximum Gasteiger partial charge on any atom is 0.306 e. The highest BCUT2D eigenvalue weighted by Gasteiger charge is 2.17. The Bertz CT molecular complexity index is 573. The standard InChI is InChI=1S/C18H25NO4S/c1-14-7-9-16(24-14)15(20)8-10-18(22)23-13-17(21)19-11-5-3-2-4-6-12-19/h7,9H,2-6,8,10-13H2,1H3. The number of likely N-dealkylation sites (tertiary alicyclic amines) is 1. The summed E-state index contributed by atoms with van der Waals surface area (Å²) in [4.78, 5) is 39.3. The number of hydrogen-bond donors (Lipinski definition) is 0. The maximum absolute atomic E-state index is 12.1. The zero-order valence-corrected chi connectivity index (χ0v) is 15.0. The molecule has 1 fully saturated rings. The average molecular weight is 351 g/mol. The van der Waals surface area contributed by atoms with Crippen LogP contribution in [0.1, 0.15) is 59.5 Å². The summed E-state index contributed by atoms with van der Waals surface area (Å²) in [5.41, 5.74) is 0. The highest BCUT2D eigenvalue weighted by atomic mass is 32.1. The Hall–Kier alpha value is -1.69. The molecular weight excluding hydrogens is 326 g/mol. The molecule has 0 atom stereocenters. The fourth-order valence-corrected chi connectivity index (χ4v) is 3.56. The number of Topliss-reactive ketones (excluding diaryl/α,β-unsaturated/α-hetero) is 1. The Balaban J connectivity index is 1.68. The third-order valence-electron chi connectivity index (χ3n) is 4.14. The van der Waals surface area contributed by atoms with Gasteiger partial charge < -0.3 is 9.64 Å². The van der Waals surface area contributed by atoms with Crippen LogP contribution >= 0.6 is 11.3 Å². The molecule has 2 rings (SSSR count). The van der Waals surface area contributed by atoms with Crippen molar-refractivity contribution < 1.29 is 19.1 Å². The van der Waals surface area contributed by atoms with Crippen molar-refractivity contribution in [2.75, 3.05) is 19.7 Å². The van der Waals surface area contributed by atoms with Gasteiger partial charge in [-0.2, -0.15) is 0 Å². The van der Waals surface area contributed by atoms with Gasteiger partial charge in [0.05, 0.1) is 11.3 Å². The zero-order valence-electron chi connectivity index (χ0n) is 14.2. The number of ether oxygens (including phenoxy) is 1. The van der Waals surface area contributed by atoms with Crippen LogP contribution in [-0.4, -0.2) is 42.3 Å². The molecule has 0 aliphatic carbocycles. The number of hydrogen-bond acceptors (Lipinski definition) is 5. The zero-order chi connectivity index (χ0) is 17.4. The quantitative estimate of drug-likeness (QED) is 0.582. The molecule has 0 spiro atoms. The molecule has 132 valence electrons. The van der Waals surface area contributed by atoms with E-state index in [1.807, 2.05) is 13.0 Å². The van der Waals surface area contributed by atoms with Crippen LogP contribution in [0.15, 0.2) is 12.1 Å². The van der Waals surface area contributed by atoms with E-state index in [2.05, 4.69) is 0 Å². The number of ketones is 1. The molecule has 1 aliphatic rings. The van der Waals surface area contributed by atoms with Crippen LogP contribution in [0.4, 0.5) is 0 Å². The van der Waals surface area contributed by atoms with E-state index in [4.69, 9.17) is 4.74 Å². The molecule has 6 heteroatoms. The second-order valence-corrected chi connectivity index (χ2v) is 7.43. The minimum absolute atomic E-state index is 0.0169. The largest absolute Gasteiger partial charge is 0.456 e. The van der Waals surface area contributed by atoms with Gasteiger partial charge in [-0.15, -0.1) is 11.3 Å². The highest BCUT2D eigenvalue weighted by Crippen LogP contribution is 2.17. The highest BCUT2D eigenvalue weighted by molar-refractivity contribution is 7.14. The van der Waals surface area contributed by atoms with E-state index < -0.39 is 5.97 Å². The van der Waals surface area contributed by atoms with Gasteiger partial charge in [-0.1, -0.05) is 19.3 Å². The molecular formula is C18H25NO4S. The summed E-state index contributed by atoms with van der Waals surface area (Å²) in [6.07, 6.45) is 5.68. The first kappa shape index (κ1) is 18.6. The number of carbonyl (C=O) groups is 3. The summed E-state index contributed by atoms with van der Waals surface area (Å²) in [5.74, 6) is -0.678. The third kappa shape index (κ3) is 6.07. The van der Waals surface area contributed by atoms with Crippen molar-refractivity contribution in [3.63, 3.8) is 0 Å². The first-order chi connectivity index (χ1) is 11.6. The summed E-state index contributed by atoms with van der Waals surface area (Å²) < 4.78 is 5.04. The molecule has 24 heavy (non-hydrogen) atoms. The lowest BCUT2D eigenvalue weighted by atomic mass is 10.1. The number of amides is 1. The molecule has 0 radical (unpaired) electrons. The molecule has 0 N–H and O–H groups in total. The minimum Gasteiger partial charge on any atom is -0.456 e. The van der Waals surface area contributed by atoms with Gasteiger partial charge in [-0.05, 0) is 31.9 Å². The smallest absolute Gasteiger partial charge is 0.306 e. The number of aryl methyl sites for hydroxylation is 1. The molecule has 1 aromatic rings. The summed E-state index contributed by atoms with van der Waals surface area (Å²) in [6.45, 7) is 3.20. The normalized spacial score (nSPS) is 15.5. The Morgan fingerprint density at radius 2 is 1.71 bits per heavy atom. The fraction of sp³-hybridized carbons (Fsp3) is 0.611. The molecule has 0 aromatic carbocycles. The van der Waals surface area contributed by atoms with E-state index in [1.165, 1.54) is 17.8 Å². The van der Waals surface area contributed by atoms with Crippen LogP contribution < -0.4 is 0 Å². The molecule has 1 amide bonds. The van der Waals surface area contributed by atoms with Gasteiger partial charge in [0.25, 0.3) is 5.91 Å². The SMILES string of the molecule is Cc1ccc(C(=O)CCC(=O)OCC(=O)N2CCCCCCC2)s1. The van der Waals surface area contributed by atoms with Gasteiger partial charge in [0.15, 0.2) is 12.4 Å². The number of thiophene rings is 1. The van der Waals surface area contributed by atoms with Crippen molar-refractivity contribution in [2.45, 2.75) is 51.9 Å². The predicted octanol–water partition coefficient (Wildman–Crippen LogP) is 3.36. The monoisotopic (exact) mass is 351 g/mol. The third-order valence-corrected chi connectivity index (χ3v) is 5.18. The van der Waals surface area contributed by atoms with Crippen LogP contribution in [0.25, 0.3) is 0 Å². The Morgan fingerprint density at radius 3 is 2.33 bits per heavy atom. The van der Waals surface area contributed by atoms with Gasteiger partial charge in [0, 0.05) is 24.4 Å². The maximum atomic E-state index is 12.1. The number of nitrogens with zero attached hydrogens (tertiary/aromatic N) is 1. The van der Waals surface area contributed by atoms with Gasteiger partial charge in [-0.25, -0.2) is 0 Å². The molecule has 0 unspecified atom stereocenters. The molecule has 5 nitrogen and oxygen atoms in total. The molecule has 0 saturated carbocycles. The van der Waals surface area contributed by atoms with Gasteiger partial charge in [-0.3, -0.25) is 14.4 Å². The summed E-state index contributed by atoms with van der Waals surface area (Å²) >= 11 is 1.43. The van der Waals surface area contributed by atoms with Crippen molar-refractivity contribution >= 4 is 29.0 Å². The van der Waals surface area contributed by atoms with Crippen LogP contribution in [0.5, 0.6) is 0 Å². The van der Waals surface area contributed by atoms with Crippen molar-refractivity contribution in [3.8, 4) is 0 Å². The van der Waals surface area contributed by atoms with Crippen LogP contribution in [0.2, 0.25) is 0 Å². The second-order valence-electron chi connectivity index (χ2n) is 6.14. The number of rotatable bonds is 6. The number of carbonyl (C=O) groups excluding carboxylic acids is 3. The van der Waals surface area contributed by atoms with Crippen LogP contribution in [0, 0.1) is 6.92 Å².